The summed E-state index contributed by atoms with van der Waals surface area (Å²) in [4.78, 5) is 16.3. The third-order valence-corrected chi connectivity index (χ3v) is 3.91. The number of ether oxygens (including phenoxy) is 1. The lowest BCUT2D eigenvalue weighted by Gasteiger charge is -2.15. The SMILES string of the molecule is CCc1nc([C@H](C)NC(=O)[C@H]2CCCO2)cs1. The first-order valence-corrected chi connectivity index (χ1v) is 6.95. The number of amides is 1. The van der Waals surface area contributed by atoms with Gasteiger partial charge in [-0.05, 0) is 26.2 Å². The van der Waals surface area contributed by atoms with Crippen LogP contribution in [-0.4, -0.2) is 23.6 Å². The Morgan fingerprint density at radius 2 is 2.59 bits per heavy atom. The number of rotatable bonds is 4. The lowest BCUT2D eigenvalue weighted by atomic mass is 10.2. The molecule has 4 nitrogen and oxygen atoms in total. The van der Waals surface area contributed by atoms with E-state index in [9.17, 15) is 4.79 Å². The van der Waals surface area contributed by atoms with E-state index in [1.165, 1.54) is 0 Å². The Morgan fingerprint density at radius 3 is 3.18 bits per heavy atom. The largest absolute Gasteiger partial charge is 0.368 e. The summed E-state index contributed by atoms with van der Waals surface area (Å²) >= 11 is 1.64. The minimum atomic E-state index is -0.262. The van der Waals surface area contributed by atoms with E-state index >= 15 is 0 Å². The van der Waals surface area contributed by atoms with Gasteiger partial charge in [-0.15, -0.1) is 11.3 Å². The van der Waals surface area contributed by atoms with E-state index in [-0.39, 0.29) is 18.1 Å². The number of carbonyl (C=O) groups is 1. The fraction of sp³-hybridized carbons (Fsp3) is 0.667. The van der Waals surface area contributed by atoms with Crippen molar-refractivity contribution in [2.24, 2.45) is 0 Å². The molecule has 17 heavy (non-hydrogen) atoms. The Morgan fingerprint density at radius 1 is 1.76 bits per heavy atom. The van der Waals surface area contributed by atoms with Crippen LogP contribution in [0.4, 0.5) is 0 Å². The van der Waals surface area contributed by atoms with E-state index in [4.69, 9.17) is 4.74 Å². The quantitative estimate of drug-likeness (QED) is 0.894. The minimum absolute atomic E-state index is 0.0129. The molecule has 1 aliphatic rings. The Labute approximate surface area is 105 Å². The lowest BCUT2D eigenvalue weighted by Crippen LogP contribution is -2.35. The van der Waals surface area contributed by atoms with Gasteiger partial charge < -0.3 is 10.1 Å². The molecule has 1 fully saturated rings. The van der Waals surface area contributed by atoms with Crippen LogP contribution >= 0.6 is 11.3 Å². The van der Waals surface area contributed by atoms with Crippen LogP contribution in [0.25, 0.3) is 0 Å². The van der Waals surface area contributed by atoms with Gasteiger partial charge in [0, 0.05) is 12.0 Å². The maximum Gasteiger partial charge on any atom is 0.249 e. The molecule has 1 saturated heterocycles. The Bertz CT molecular complexity index is 386. The van der Waals surface area contributed by atoms with E-state index in [0.717, 1.165) is 30.0 Å². The summed E-state index contributed by atoms with van der Waals surface area (Å²) in [6, 6.07) is -0.0387. The summed E-state index contributed by atoms with van der Waals surface area (Å²) in [7, 11) is 0. The van der Waals surface area contributed by atoms with Crippen LogP contribution in [0, 0.1) is 0 Å². The maximum absolute atomic E-state index is 11.8. The van der Waals surface area contributed by atoms with Crippen molar-refractivity contribution in [3.05, 3.63) is 16.1 Å². The van der Waals surface area contributed by atoms with Crippen LogP contribution in [0.15, 0.2) is 5.38 Å². The zero-order valence-electron chi connectivity index (χ0n) is 10.2. The zero-order valence-corrected chi connectivity index (χ0v) is 11.0. The summed E-state index contributed by atoms with van der Waals surface area (Å²) in [5.74, 6) is -0.0129. The summed E-state index contributed by atoms with van der Waals surface area (Å²) < 4.78 is 5.35. The van der Waals surface area contributed by atoms with Crippen molar-refractivity contribution in [2.75, 3.05) is 6.61 Å². The molecule has 1 aromatic heterocycles. The highest BCUT2D eigenvalue weighted by Gasteiger charge is 2.25. The highest BCUT2D eigenvalue weighted by Crippen LogP contribution is 2.18. The second kappa shape index (κ2) is 5.60. The van der Waals surface area contributed by atoms with E-state index in [0.29, 0.717) is 6.61 Å². The van der Waals surface area contributed by atoms with Gasteiger partial charge in [0.1, 0.15) is 6.10 Å². The van der Waals surface area contributed by atoms with Crippen LogP contribution in [0.2, 0.25) is 0 Å². The standard InChI is InChI=1S/C12H18N2O2S/c1-3-11-14-9(7-17-11)8(2)13-12(15)10-5-4-6-16-10/h7-8,10H,3-6H2,1-2H3,(H,13,15)/t8-,10+/m0/s1. The van der Waals surface area contributed by atoms with E-state index in [1.807, 2.05) is 12.3 Å². The smallest absolute Gasteiger partial charge is 0.249 e. The summed E-state index contributed by atoms with van der Waals surface area (Å²) in [6.07, 6.45) is 2.48. The molecule has 2 heterocycles. The van der Waals surface area contributed by atoms with Gasteiger partial charge in [-0.25, -0.2) is 4.98 Å². The number of hydrogen-bond donors (Lipinski definition) is 1. The molecule has 1 amide bonds. The van der Waals surface area contributed by atoms with Gasteiger partial charge >= 0.3 is 0 Å². The molecule has 94 valence electrons. The Balaban J connectivity index is 1.91. The fourth-order valence-electron chi connectivity index (χ4n) is 1.85. The molecular weight excluding hydrogens is 236 g/mol. The highest BCUT2D eigenvalue weighted by molar-refractivity contribution is 7.09. The zero-order chi connectivity index (χ0) is 12.3. The van der Waals surface area contributed by atoms with Gasteiger partial charge in [-0.1, -0.05) is 6.92 Å². The minimum Gasteiger partial charge on any atom is -0.368 e. The molecule has 2 atom stereocenters. The monoisotopic (exact) mass is 254 g/mol. The molecule has 0 unspecified atom stereocenters. The number of carbonyl (C=O) groups excluding carboxylic acids is 1. The van der Waals surface area contributed by atoms with Gasteiger partial charge in [0.15, 0.2) is 0 Å². The first-order valence-electron chi connectivity index (χ1n) is 6.07. The molecule has 0 aliphatic carbocycles. The summed E-state index contributed by atoms with van der Waals surface area (Å²) in [5, 5.41) is 6.08. The normalized spacial score (nSPS) is 21.4. The molecule has 1 aromatic rings. The number of aryl methyl sites for hydroxylation is 1. The fourth-order valence-corrected chi connectivity index (χ4v) is 2.69. The number of thiazole rings is 1. The van der Waals surface area contributed by atoms with Gasteiger partial charge in [0.05, 0.1) is 16.7 Å². The van der Waals surface area contributed by atoms with Gasteiger partial charge in [0.25, 0.3) is 0 Å². The maximum atomic E-state index is 11.8. The topological polar surface area (TPSA) is 51.2 Å². The van der Waals surface area contributed by atoms with Gasteiger partial charge in [0.2, 0.25) is 5.91 Å². The average molecular weight is 254 g/mol. The van der Waals surface area contributed by atoms with Crippen molar-refractivity contribution in [3.63, 3.8) is 0 Å². The number of nitrogens with one attached hydrogen (secondary N) is 1. The van der Waals surface area contributed by atoms with Gasteiger partial charge in [-0.3, -0.25) is 4.79 Å². The third kappa shape index (κ3) is 3.04. The average Bonchev–Trinajstić information content (AvgIpc) is 3.00. The van der Waals surface area contributed by atoms with E-state index in [2.05, 4.69) is 17.2 Å². The molecule has 2 rings (SSSR count). The van der Waals surface area contributed by atoms with Crippen molar-refractivity contribution in [2.45, 2.75) is 45.3 Å². The van der Waals surface area contributed by atoms with Gasteiger partial charge in [-0.2, -0.15) is 0 Å². The number of hydrogen-bond acceptors (Lipinski definition) is 4. The highest BCUT2D eigenvalue weighted by atomic mass is 32.1. The van der Waals surface area contributed by atoms with Crippen molar-refractivity contribution in [1.82, 2.24) is 10.3 Å². The molecule has 0 bridgehead atoms. The van der Waals surface area contributed by atoms with Crippen molar-refractivity contribution in [1.29, 1.82) is 0 Å². The molecule has 1 aliphatic heterocycles. The predicted molar refractivity (Wildman–Crippen MR) is 67.0 cm³/mol. The summed E-state index contributed by atoms with van der Waals surface area (Å²) in [6.45, 7) is 4.74. The van der Waals surface area contributed by atoms with Crippen LogP contribution in [-0.2, 0) is 16.0 Å². The first kappa shape index (κ1) is 12.5. The Kier molecular flexibility index (Phi) is 4.12. The second-order valence-corrected chi connectivity index (χ2v) is 5.19. The third-order valence-electron chi connectivity index (χ3n) is 2.90. The van der Waals surface area contributed by atoms with E-state index in [1.54, 1.807) is 11.3 Å². The molecule has 0 aromatic carbocycles. The number of aromatic nitrogens is 1. The molecule has 1 N–H and O–H groups in total. The van der Waals surface area contributed by atoms with Crippen LogP contribution in [0.3, 0.4) is 0 Å². The predicted octanol–water partition coefficient (Wildman–Crippen LogP) is 2.06. The van der Waals surface area contributed by atoms with Crippen molar-refractivity contribution >= 4 is 17.2 Å². The summed E-state index contributed by atoms with van der Waals surface area (Å²) in [5.41, 5.74) is 0.943. The van der Waals surface area contributed by atoms with E-state index < -0.39 is 0 Å². The molecular formula is C12H18N2O2S. The first-order chi connectivity index (χ1) is 8.20. The number of nitrogens with zero attached hydrogens (tertiary/aromatic N) is 1. The molecule has 0 radical (unpaired) electrons. The lowest BCUT2D eigenvalue weighted by molar-refractivity contribution is -0.130. The van der Waals surface area contributed by atoms with Crippen LogP contribution in [0.1, 0.15) is 43.4 Å². The second-order valence-electron chi connectivity index (χ2n) is 4.25. The van der Waals surface area contributed by atoms with Crippen LogP contribution in [0.5, 0.6) is 0 Å². The molecule has 0 spiro atoms. The molecule has 0 saturated carbocycles. The van der Waals surface area contributed by atoms with Crippen molar-refractivity contribution in [3.8, 4) is 0 Å². The van der Waals surface area contributed by atoms with Crippen molar-refractivity contribution < 1.29 is 9.53 Å². The Hall–Kier alpha value is -0.940. The molecule has 5 heteroatoms. The van der Waals surface area contributed by atoms with Crippen LogP contribution < -0.4 is 5.32 Å².